The van der Waals surface area contributed by atoms with Crippen molar-refractivity contribution in [2.75, 3.05) is 0 Å². The van der Waals surface area contributed by atoms with E-state index >= 15 is 0 Å². The van der Waals surface area contributed by atoms with Gasteiger partial charge >= 0.3 is 0 Å². The number of carbonyl (C=O) groups is 2. The molecule has 32 heavy (non-hydrogen) atoms. The van der Waals surface area contributed by atoms with Gasteiger partial charge in [0.25, 0.3) is 5.91 Å². The fourth-order valence-corrected chi connectivity index (χ4v) is 3.25. The maximum Gasteiger partial charge on any atom is 0.254 e. The summed E-state index contributed by atoms with van der Waals surface area (Å²) in [5, 5.41) is 2.73. The maximum atomic E-state index is 12.9. The molecule has 0 saturated heterocycles. The molecule has 2 aromatic heterocycles. The fraction of sp³-hybridized carbons (Fsp3) is 0.120. The Morgan fingerprint density at radius 3 is 2.50 bits per heavy atom. The van der Waals surface area contributed by atoms with Gasteiger partial charge in [0.05, 0.1) is 11.1 Å². The van der Waals surface area contributed by atoms with Crippen molar-refractivity contribution in [1.82, 2.24) is 20.3 Å². The van der Waals surface area contributed by atoms with Crippen LogP contribution in [0, 0.1) is 0 Å². The number of fused-ring (bicyclic) bond motifs is 1. The van der Waals surface area contributed by atoms with E-state index in [-0.39, 0.29) is 13.8 Å². The van der Waals surface area contributed by atoms with E-state index < -0.39 is 17.9 Å². The summed E-state index contributed by atoms with van der Waals surface area (Å²) in [6.07, 6.45) is 7.35. The number of nitrogens with zero attached hydrogens (tertiary/aromatic N) is 2. The van der Waals surface area contributed by atoms with Crippen LogP contribution in [0.15, 0.2) is 79.1 Å². The summed E-state index contributed by atoms with van der Waals surface area (Å²) in [5.74, 6) is -0.372. The number of pyridine rings is 1. The zero-order valence-electron chi connectivity index (χ0n) is 16.7. The number of rotatable bonds is 7. The zero-order valence-corrected chi connectivity index (χ0v) is 16.7. The quantitative estimate of drug-likeness (QED) is 0.414. The van der Waals surface area contributed by atoms with Crippen molar-refractivity contribution in [3.8, 4) is 11.4 Å². The smallest absolute Gasteiger partial charge is 0.254 e. The van der Waals surface area contributed by atoms with Crippen LogP contribution in [0.1, 0.15) is 29.8 Å². The summed E-state index contributed by atoms with van der Waals surface area (Å²) in [6.45, 7) is 0. The lowest BCUT2D eigenvalue weighted by molar-refractivity contribution is -0.119. The third-order valence-electron chi connectivity index (χ3n) is 4.84. The van der Waals surface area contributed by atoms with Crippen molar-refractivity contribution >= 4 is 28.9 Å². The number of hydrogen-bond donors (Lipinski definition) is 3. The molecule has 2 heterocycles. The Labute approximate surface area is 186 Å². The lowest BCUT2D eigenvalue weighted by Crippen LogP contribution is -2.44. The Bertz CT molecular complexity index is 1230. The number of primary amides is 1. The average Bonchev–Trinajstić information content (AvgIpc) is 3.24. The molecule has 162 valence electrons. The van der Waals surface area contributed by atoms with Crippen molar-refractivity contribution in [2.24, 2.45) is 5.73 Å². The number of aromatic nitrogens is 3. The van der Waals surface area contributed by atoms with Crippen LogP contribution in [0.3, 0.4) is 0 Å². The van der Waals surface area contributed by atoms with Crippen LogP contribution in [0.5, 0.6) is 0 Å². The number of carbonyl (C=O) groups excluding carboxylic acids is 2. The van der Waals surface area contributed by atoms with E-state index in [0.717, 1.165) is 16.6 Å². The van der Waals surface area contributed by atoms with Gasteiger partial charge in [0, 0.05) is 18.0 Å². The van der Waals surface area contributed by atoms with Gasteiger partial charge in [-0.3, -0.25) is 14.6 Å². The van der Waals surface area contributed by atoms with E-state index in [0.29, 0.717) is 16.9 Å². The van der Waals surface area contributed by atoms with Crippen LogP contribution >= 0.6 is 0 Å². The Balaban J connectivity index is 0.00000289. The van der Waals surface area contributed by atoms with Gasteiger partial charge in [0.1, 0.15) is 17.4 Å². The Kier molecular flexibility index (Phi) is 7.13. The predicted octanol–water partition coefficient (Wildman–Crippen LogP) is 3.95. The molecule has 7 nitrogen and oxygen atoms in total. The molecular weight excluding hydrogens is 402 g/mol. The first-order chi connectivity index (χ1) is 15.1. The zero-order chi connectivity index (χ0) is 21.6. The minimum absolute atomic E-state index is 0. The number of benzene rings is 2. The normalized spacial score (nSPS) is 11.8. The molecule has 4 aromatic rings. The molecule has 0 spiro atoms. The molecule has 0 radical (unpaired) electrons. The average molecular weight is 428 g/mol. The first-order valence-corrected chi connectivity index (χ1v) is 9.83. The highest BCUT2D eigenvalue weighted by Gasteiger charge is 2.20. The van der Waals surface area contributed by atoms with Gasteiger partial charge in [-0.1, -0.05) is 56.0 Å². The van der Waals surface area contributed by atoms with Crippen molar-refractivity contribution in [3.05, 3.63) is 90.3 Å². The molecule has 0 fully saturated rings. The van der Waals surface area contributed by atoms with E-state index in [1.54, 1.807) is 24.5 Å². The third-order valence-corrected chi connectivity index (χ3v) is 4.84. The summed E-state index contributed by atoms with van der Waals surface area (Å²) in [6, 6.07) is 17.8. The molecule has 0 bridgehead atoms. The summed E-state index contributed by atoms with van der Waals surface area (Å²) >= 11 is 0. The summed E-state index contributed by atoms with van der Waals surface area (Å²) in [5.41, 5.74) is 8.99. The number of nitrogens with one attached hydrogen (secondary N) is 2. The van der Waals surface area contributed by atoms with Crippen LogP contribution in [0.25, 0.3) is 28.5 Å². The van der Waals surface area contributed by atoms with Crippen molar-refractivity contribution in [3.63, 3.8) is 0 Å². The van der Waals surface area contributed by atoms with Gasteiger partial charge in [0.2, 0.25) is 5.91 Å². The number of amides is 2. The minimum Gasteiger partial charge on any atom is -0.368 e. The van der Waals surface area contributed by atoms with Crippen LogP contribution in [0.4, 0.5) is 0 Å². The Morgan fingerprint density at radius 2 is 1.78 bits per heavy atom. The van der Waals surface area contributed by atoms with E-state index in [1.807, 2.05) is 60.7 Å². The molecule has 0 aliphatic rings. The fourth-order valence-electron chi connectivity index (χ4n) is 3.25. The van der Waals surface area contributed by atoms with Crippen LogP contribution in [-0.2, 0) is 4.79 Å². The number of H-pyrrole nitrogens is 1. The number of imidazole rings is 1. The van der Waals surface area contributed by atoms with E-state index in [1.165, 1.54) is 0 Å². The van der Waals surface area contributed by atoms with Crippen molar-refractivity contribution in [2.45, 2.75) is 19.9 Å². The molecule has 4 rings (SSSR count). The second-order valence-corrected chi connectivity index (χ2v) is 7.00. The van der Waals surface area contributed by atoms with Gasteiger partial charge in [0.15, 0.2) is 0 Å². The molecule has 1 atom stereocenters. The minimum atomic E-state index is -0.832. The topological polar surface area (TPSA) is 114 Å². The van der Waals surface area contributed by atoms with Gasteiger partial charge in [-0.05, 0) is 36.2 Å². The first-order valence-electron chi connectivity index (χ1n) is 9.83. The van der Waals surface area contributed by atoms with Crippen molar-refractivity contribution in [1.29, 1.82) is 0 Å². The maximum absolute atomic E-state index is 12.9. The Morgan fingerprint density at radius 1 is 1.03 bits per heavy atom. The summed E-state index contributed by atoms with van der Waals surface area (Å²) in [4.78, 5) is 36.7. The number of para-hydroxylation sites is 1. The molecule has 7 heteroatoms. The largest absolute Gasteiger partial charge is 0.368 e. The molecule has 0 aliphatic carbocycles. The van der Waals surface area contributed by atoms with E-state index in [2.05, 4.69) is 20.3 Å². The molecule has 2 aromatic carbocycles. The molecule has 0 unspecified atom stereocenters. The van der Waals surface area contributed by atoms with Crippen LogP contribution in [0.2, 0.25) is 0 Å². The number of nitrogens with two attached hydrogens (primary N) is 1. The summed E-state index contributed by atoms with van der Waals surface area (Å²) < 4.78 is 0. The Hall–Kier alpha value is -4.26. The highest BCUT2D eigenvalue weighted by molar-refractivity contribution is 6.06. The lowest BCUT2D eigenvalue weighted by atomic mass is 10.1. The highest BCUT2D eigenvalue weighted by atomic mass is 16.2. The van der Waals surface area contributed by atoms with Crippen molar-refractivity contribution < 1.29 is 9.59 Å². The second-order valence-electron chi connectivity index (χ2n) is 7.00. The highest BCUT2D eigenvalue weighted by Crippen LogP contribution is 2.22. The molecule has 0 saturated carbocycles. The SMILES string of the molecule is C.NC(=O)[C@H](C/C=C/c1ccccc1)NC(=O)c1cccc2[nH]c(-c3ccncc3)nc12. The second kappa shape index (κ2) is 10.2. The monoisotopic (exact) mass is 427 g/mol. The molecule has 2 amide bonds. The van der Waals surface area contributed by atoms with Gasteiger partial charge in [-0.25, -0.2) is 4.98 Å². The standard InChI is InChI=1S/C24H21N5O2.CH4/c25-22(30)20(11-4-8-16-6-2-1-3-7-16)28-24(31)18-9-5-10-19-21(18)29-23(27-19)17-12-14-26-15-13-17;/h1-10,12-15,20H,11H2,(H2,25,30)(H,27,29)(H,28,31);1H4/b8-4+;/t20-;/m0./s1. The third kappa shape index (κ3) is 5.07. The summed E-state index contributed by atoms with van der Waals surface area (Å²) in [7, 11) is 0. The van der Waals surface area contributed by atoms with Gasteiger partial charge < -0.3 is 16.0 Å². The molecule has 4 N–H and O–H groups in total. The van der Waals surface area contributed by atoms with Gasteiger partial charge in [-0.15, -0.1) is 0 Å². The van der Waals surface area contributed by atoms with E-state index in [4.69, 9.17) is 5.73 Å². The first kappa shape index (κ1) is 22.4. The van der Waals surface area contributed by atoms with Crippen LogP contribution in [-0.4, -0.2) is 32.8 Å². The lowest BCUT2D eigenvalue weighted by Gasteiger charge is -2.14. The van der Waals surface area contributed by atoms with E-state index in [9.17, 15) is 9.59 Å². The van der Waals surface area contributed by atoms with Gasteiger partial charge in [-0.2, -0.15) is 0 Å². The molecule has 0 aliphatic heterocycles. The molecular formula is C25H25N5O2. The predicted molar refractivity (Wildman–Crippen MR) is 127 cm³/mol. The number of aromatic amines is 1. The van der Waals surface area contributed by atoms with Crippen LogP contribution < -0.4 is 11.1 Å². The number of hydrogen-bond acceptors (Lipinski definition) is 4.